The maximum Gasteiger partial charge on any atom is 0.307 e. The van der Waals surface area contributed by atoms with E-state index in [4.69, 9.17) is 16.7 Å². The van der Waals surface area contributed by atoms with E-state index in [1.165, 1.54) is 0 Å². The molecule has 18 heavy (non-hydrogen) atoms. The summed E-state index contributed by atoms with van der Waals surface area (Å²) in [7, 11) is 1.68. The number of carboxylic acids is 1. The van der Waals surface area contributed by atoms with E-state index in [-0.39, 0.29) is 11.8 Å². The molecule has 1 N–H and O–H groups in total. The van der Waals surface area contributed by atoms with Crippen molar-refractivity contribution in [1.82, 2.24) is 4.90 Å². The van der Waals surface area contributed by atoms with Crippen molar-refractivity contribution in [3.63, 3.8) is 0 Å². The summed E-state index contributed by atoms with van der Waals surface area (Å²) in [6.45, 7) is 0.447. The summed E-state index contributed by atoms with van der Waals surface area (Å²) in [5, 5.41) is 9.42. The van der Waals surface area contributed by atoms with Gasteiger partial charge < -0.3 is 10.0 Å². The Bertz CT molecular complexity index is 489. The van der Waals surface area contributed by atoms with Crippen LogP contribution in [-0.2, 0) is 16.1 Å². The van der Waals surface area contributed by atoms with Gasteiger partial charge in [-0.2, -0.15) is 0 Å². The van der Waals surface area contributed by atoms with Gasteiger partial charge in [-0.3, -0.25) is 9.59 Å². The number of hydrogen-bond acceptors (Lipinski definition) is 2. The predicted octanol–water partition coefficient (Wildman–Crippen LogP) is 2.02. The zero-order valence-corrected chi connectivity index (χ0v) is 10.7. The average Bonchev–Trinajstić information content (AvgIpc) is 3.07. The van der Waals surface area contributed by atoms with Crippen molar-refractivity contribution in [2.75, 3.05) is 7.05 Å². The quantitative estimate of drug-likeness (QED) is 0.908. The third kappa shape index (κ3) is 2.82. The van der Waals surface area contributed by atoms with Crippen LogP contribution in [-0.4, -0.2) is 28.9 Å². The average molecular weight is 268 g/mol. The number of carbonyl (C=O) groups is 2. The lowest BCUT2D eigenvalue weighted by molar-refractivity contribution is -0.141. The summed E-state index contributed by atoms with van der Waals surface area (Å²) in [6, 6.07) is 7.28. The van der Waals surface area contributed by atoms with Crippen LogP contribution in [0, 0.1) is 11.8 Å². The van der Waals surface area contributed by atoms with Crippen LogP contribution >= 0.6 is 11.6 Å². The van der Waals surface area contributed by atoms with Gasteiger partial charge in [0.1, 0.15) is 0 Å². The van der Waals surface area contributed by atoms with Crippen LogP contribution in [0.1, 0.15) is 12.0 Å². The van der Waals surface area contributed by atoms with Gasteiger partial charge in [-0.1, -0.05) is 23.7 Å². The van der Waals surface area contributed by atoms with Gasteiger partial charge >= 0.3 is 5.97 Å². The topological polar surface area (TPSA) is 57.6 Å². The molecule has 0 aliphatic heterocycles. The second kappa shape index (κ2) is 4.98. The van der Waals surface area contributed by atoms with E-state index in [9.17, 15) is 9.59 Å². The van der Waals surface area contributed by atoms with Gasteiger partial charge in [-0.15, -0.1) is 0 Å². The van der Waals surface area contributed by atoms with Crippen molar-refractivity contribution >= 4 is 23.5 Å². The fourth-order valence-electron chi connectivity index (χ4n) is 2.01. The van der Waals surface area contributed by atoms with E-state index < -0.39 is 11.9 Å². The fourth-order valence-corrected chi connectivity index (χ4v) is 2.22. The number of halogens is 1. The lowest BCUT2D eigenvalue weighted by Crippen LogP contribution is -2.28. The molecule has 5 heteroatoms. The molecule has 2 rings (SSSR count). The van der Waals surface area contributed by atoms with Gasteiger partial charge in [0.2, 0.25) is 5.91 Å². The van der Waals surface area contributed by atoms with E-state index >= 15 is 0 Å². The molecule has 0 unspecified atom stereocenters. The number of rotatable bonds is 4. The molecule has 0 heterocycles. The largest absolute Gasteiger partial charge is 0.481 e. The Morgan fingerprint density at radius 1 is 1.44 bits per heavy atom. The van der Waals surface area contributed by atoms with Crippen LogP contribution in [0.5, 0.6) is 0 Å². The summed E-state index contributed by atoms with van der Waals surface area (Å²) < 4.78 is 0. The third-order valence-corrected chi connectivity index (χ3v) is 3.34. The molecular weight excluding hydrogens is 254 g/mol. The number of carbonyl (C=O) groups excluding carboxylic acids is 1. The Morgan fingerprint density at radius 2 is 2.17 bits per heavy atom. The van der Waals surface area contributed by atoms with Crippen molar-refractivity contribution in [3.05, 3.63) is 34.9 Å². The number of carboxylic acid groups (broad SMARTS) is 1. The molecule has 1 saturated carbocycles. The van der Waals surface area contributed by atoms with Gasteiger partial charge in [-0.25, -0.2) is 0 Å². The zero-order chi connectivity index (χ0) is 13.3. The molecule has 96 valence electrons. The first kappa shape index (κ1) is 12.9. The van der Waals surface area contributed by atoms with Crippen LogP contribution in [0.2, 0.25) is 5.02 Å². The minimum absolute atomic E-state index is 0.109. The minimum Gasteiger partial charge on any atom is -0.481 e. The van der Waals surface area contributed by atoms with Crippen molar-refractivity contribution in [2.45, 2.75) is 13.0 Å². The summed E-state index contributed by atoms with van der Waals surface area (Å²) in [5.74, 6) is -1.85. The lowest BCUT2D eigenvalue weighted by atomic mass is 10.2. The van der Waals surface area contributed by atoms with Crippen LogP contribution in [0.25, 0.3) is 0 Å². The Labute approximate surface area is 110 Å². The first-order valence-corrected chi connectivity index (χ1v) is 6.09. The highest BCUT2D eigenvalue weighted by atomic mass is 35.5. The van der Waals surface area contributed by atoms with Gasteiger partial charge in [0.25, 0.3) is 0 Å². The van der Waals surface area contributed by atoms with Crippen LogP contribution in [0.3, 0.4) is 0 Å². The molecule has 4 nitrogen and oxygen atoms in total. The van der Waals surface area contributed by atoms with Crippen LogP contribution < -0.4 is 0 Å². The van der Waals surface area contributed by atoms with Crippen LogP contribution in [0.4, 0.5) is 0 Å². The maximum atomic E-state index is 11.9. The van der Waals surface area contributed by atoms with E-state index in [2.05, 4.69) is 0 Å². The van der Waals surface area contributed by atoms with Crippen molar-refractivity contribution in [3.8, 4) is 0 Å². The molecule has 1 aromatic rings. The molecule has 0 radical (unpaired) electrons. The Kier molecular flexibility index (Phi) is 3.57. The summed E-state index contributed by atoms with van der Waals surface area (Å²) >= 11 is 5.87. The monoisotopic (exact) mass is 267 g/mol. The number of benzene rings is 1. The van der Waals surface area contributed by atoms with E-state index in [1.807, 2.05) is 12.1 Å². The highest BCUT2D eigenvalue weighted by molar-refractivity contribution is 6.30. The van der Waals surface area contributed by atoms with Gasteiger partial charge in [0, 0.05) is 18.6 Å². The van der Waals surface area contributed by atoms with Crippen LogP contribution in [0.15, 0.2) is 24.3 Å². The number of nitrogens with zero attached hydrogens (tertiary/aromatic N) is 1. The molecule has 1 fully saturated rings. The number of hydrogen-bond donors (Lipinski definition) is 1. The third-order valence-electron chi connectivity index (χ3n) is 3.11. The molecule has 1 amide bonds. The molecule has 0 spiro atoms. The first-order chi connectivity index (χ1) is 8.49. The molecule has 2 atom stereocenters. The molecule has 0 bridgehead atoms. The Balaban J connectivity index is 1.94. The highest BCUT2D eigenvalue weighted by Gasteiger charge is 2.49. The summed E-state index contributed by atoms with van der Waals surface area (Å²) in [6.07, 6.45) is 0.452. The summed E-state index contributed by atoms with van der Waals surface area (Å²) in [4.78, 5) is 24.2. The standard InChI is InChI=1S/C13H14ClNO3/c1-15(7-8-3-2-4-9(14)5-8)12(16)10-6-11(10)13(17)18/h2-5,10-11H,6-7H2,1H3,(H,17,18)/t10-,11-/m1/s1. The maximum absolute atomic E-state index is 11.9. The molecule has 1 aromatic carbocycles. The predicted molar refractivity (Wildman–Crippen MR) is 67.2 cm³/mol. The van der Waals surface area contributed by atoms with Gasteiger partial charge in [-0.05, 0) is 24.1 Å². The Hall–Kier alpha value is -1.55. The van der Waals surface area contributed by atoms with Gasteiger partial charge in [0.05, 0.1) is 11.8 Å². The normalized spacial score (nSPS) is 21.4. The number of amides is 1. The Morgan fingerprint density at radius 3 is 2.72 bits per heavy atom. The van der Waals surface area contributed by atoms with E-state index in [0.717, 1.165) is 5.56 Å². The lowest BCUT2D eigenvalue weighted by Gasteiger charge is -2.17. The van der Waals surface area contributed by atoms with Gasteiger partial charge in [0.15, 0.2) is 0 Å². The number of aliphatic carboxylic acids is 1. The fraction of sp³-hybridized carbons (Fsp3) is 0.385. The minimum atomic E-state index is -0.885. The molecular formula is C13H14ClNO3. The molecule has 0 aromatic heterocycles. The smallest absolute Gasteiger partial charge is 0.307 e. The zero-order valence-electron chi connectivity index (χ0n) is 9.97. The van der Waals surface area contributed by atoms with Crippen molar-refractivity contribution in [1.29, 1.82) is 0 Å². The molecule has 0 saturated heterocycles. The van der Waals surface area contributed by atoms with Crippen molar-refractivity contribution < 1.29 is 14.7 Å². The second-order valence-electron chi connectivity index (χ2n) is 4.61. The SMILES string of the molecule is CN(Cc1cccc(Cl)c1)C(=O)[C@@H]1C[C@H]1C(=O)O. The second-order valence-corrected chi connectivity index (χ2v) is 5.05. The van der Waals surface area contributed by atoms with Crippen molar-refractivity contribution in [2.24, 2.45) is 11.8 Å². The van der Waals surface area contributed by atoms with E-state index in [1.54, 1.807) is 24.1 Å². The molecule has 1 aliphatic rings. The highest BCUT2D eigenvalue weighted by Crippen LogP contribution is 2.40. The molecule has 1 aliphatic carbocycles. The van der Waals surface area contributed by atoms with E-state index in [0.29, 0.717) is 18.0 Å². The first-order valence-electron chi connectivity index (χ1n) is 5.71. The summed E-state index contributed by atoms with van der Waals surface area (Å²) in [5.41, 5.74) is 0.936.